The molecule has 3 N–H and O–H groups in total. The van der Waals surface area contributed by atoms with Crippen LogP contribution in [0.3, 0.4) is 0 Å². The van der Waals surface area contributed by atoms with Crippen LogP contribution in [-0.4, -0.2) is 80.1 Å². The first-order valence-corrected chi connectivity index (χ1v) is 3.64. The maximum absolute atomic E-state index is 9.10. The standard InChI is InChI=1S/C5H13N3.C2H2O4.Li.H/c1-6-5(7-2)8(3)4;3-1(4)2(5)6;;/h1-4H3,(H,6,7);(H,3,4)(H,5,6);;. The molecule has 0 radical (unpaired) electrons. The van der Waals surface area contributed by atoms with Gasteiger partial charge in [0.2, 0.25) is 0 Å². The fourth-order valence-corrected chi connectivity index (χ4v) is 0.535. The number of nitrogens with one attached hydrogen (secondary N) is 1. The summed E-state index contributed by atoms with van der Waals surface area (Å²) in [4.78, 5) is 24.1. The second-order valence-electron chi connectivity index (χ2n) is 2.30. The second-order valence-corrected chi connectivity index (χ2v) is 2.30. The van der Waals surface area contributed by atoms with Crippen LogP contribution in [0.5, 0.6) is 0 Å². The van der Waals surface area contributed by atoms with Gasteiger partial charge in [0.15, 0.2) is 5.96 Å². The van der Waals surface area contributed by atoms with Crippen LogP contribution in [0.1, 0.15) is 0 Å². The van der Waals surface area contributed by atoms with Crippen LogP contribution >= 0.6 is 0 Å². The SMILES string of the molecule is CN=C(NC)N(C)C.O=C(O)C(=O)O.[LiH]. The Balaban J connectivity index is -0.000000187. The zero-order valence-electron chi connectivity index (χ0n) is 8.61. The van der Waals surface area contributed by atoms with Crippen LogP contribution in [0, 0.1) is 0 Å². The molecule has 8 heteroatoms. The van der Waals surface area contributed by atoms with E-state index in [0.717, 1.165) is 5.96 Å². The first-order valence-electron chi connectivity index (χ1n) is 3.64. The molecule has 0 amide bonds. The molecular weight excluding hydrogens is 197 g/mol. The van der Waals surface area contributed by atoms with Gasteiger partial charge >= 0.3 is 30.8 Å². The minimum absolute atomic E-state index is 0. The molecule has 0 unspecified atom stereocenters. The van der Waals surface area contributed by atoms with E-state index in [4.69, 9.17) is 19.8 Å². The molecule has 0 saturated heterocycles. The first kappa shape index (κ1) is 19.4. The van der Waals surface area contributed by atoms with E-state index in [2.05, 4.69) is 10.3 Å². The average Bonchev–Trinajstić information content (AvgIpc) is 2.06. The number of nitrogens with zero attached hydrogens (tertiary/aromatic N) is 2. The van der Waals surface area contributed by atoms with Crippen molar-refractivity contribution in [2.24, 2.45) is 4.99 Å². The van der Waals surface area contributed by atoms with Crippen LogP contribution in [0.2, 0.25) is 0 Å². The molecule has 0 aromatic carbocycles. The van der Waals surface area contributed by atoms with Crippen molar-refractivity contribution in [1.82, 2.24) is 10.2 Å². The molecule has 0 aliphatic heterocycles. The second kappa shape index (κ2) is 10.9. The van der Waals surface area contributed by atoms with Crippen LogP contribution in [-0.2, 0) is 9.59 Å². The van der Waals surface area contributed by atoms with Crippen LogP contribution in [0.25, 0.3) is 0 Å². The topological polar surface area (TPSA) is 102 Å². The molecule has 0 fully saturated rings. The van der Waals surface area contributed by atoms with Crippen LogP contribution in [0.4, 0.5) is 0 Å². The van der Waals surface area contributed by atoms with Crippen molar-refractivity contribution >= 4 is 36.8 Å². The molecule has 0 aliphatic carbocycles. The van der Waals surface area contributed by atoms with Crippen molar-refractivity contribution in [1.29, 1.82) is 0 Å². The molecule has 15 heavy (non-hydrogen) atoms. The molecule has 0 saturated carbocycles. The number of rotatable bonds is 0. The number of aliphatic imine (C=N–C) groups is 1. The fourth-order valence-electron chi connectivity index (χ4n) is 0.535. The van der Waals surface area contributed by atoms with Gasteiger partial charge in [-0.05, 0) is 0 Å². The Morgan fingerprint density at radius 3 is 1.53 bits per heavy atom. The summed E-state index contributed by atoms with van der Waals surface area (Å²) in [6.07, 6.45) is 0. The van der Waals surface area contributed by atoms with Crippen LogP contribution < -0.4 is 5.32 Å². The van der Waals surface area contributed by atoms with E-state index in [1.54, 1.807) is 7.05 Å². The van der Waals surface area contributed by atoms with E-state index < -0.39 is 11.9 Å². The molecule has 0 atom stereocenters. The number of aliphatic carboxylic acids is 2. The minimum atomic E-state index is -1.82. The fraction of sp³-hybridized carbons (Fsp3) is 0.571. The zero-order valence-corrected chi connectivity index (χ0v) is 8.61. The quantitative estimate of drug-likeness (QED) is 0.191. The Kier molecular flexibility index (Phi) is 14.1. The third-order valence-corrected chi connectivity index (χ3v) is 1.04. The van der Waals surface area contributed by atoms with Crippen LogP contribution in [0.15, 0.2) is 4.99 Å². The van der Waals surface area contributed by atoms with Gasteiger partial charge in [0.25, 0.3) is 0 Å². The van der Waals surface area contributed by atoms with Crippen molar-refractivity contribution in [2.45, 2.75) is 0 Å². The van der Waals surface area contributed by atoms with Crippen molar-refractivity contribution in [3.8, 4) is 0 Å². The number of carboxylic acid groups (broad SMARTS) is 2. The van der Waals surface area contributed by atoms with Gasteiger partial charge < -0.3 is 20.4 Å². The maximum atomic E-state index is 9.10. The number of hydrogen-bond donors (Lipinski definition) is 3. The van der Waals surface area contributed by atoms with Crippen molar-refractivity contribution < 1.29 is 19.8 Å². The number of carbonyl (C=O) groups is 2. The summed E-state index contributed by atoms with van der Waals surface area (Å²) in [5.74, 6) is -2.75. The average molecular weight is 213 g/mol. The predicted octanol–water partition coefficient (Wildman–Crippen LogP) is -1.74. The summed E-state index contributed by atoms with van der Waals surface area (Å²) in [7, 11) is 7.49. The van der Waals surface area contributed by atoms with Crippen molar-refractivity contribution in [3.05, 3.63) is 0 Å². The van der Waals surface area contributed by atoms with E-state index in [1.807, 2.05) is 26.0 Å². The van der Waals surface area contributed by atoms with Gasteiger partial charge in [-0.15, -0.1) is 0 Å². The summed E-state index contributed by atoms with van der Waals surface area (Å²) in [6, 6.07) is 0. The Bertz CT molecular complexity index is 218. The summed E-state index contributed by atoms with van der Waals surface area (Å²) < 4.78 is 0. The van der Waals surface area contributed by atoms with Gasteiger partial charge in [-0.3, -0.25) is 4.99 Å². The molecule has 0 aromatic rings. The molecule has 0 spiro atoms. The summed E-state index contributed by atoms with van der Waals surface area (Å²) in [5.41, 5.74) is 0. The molecule has 7 nitrogen and oxygen atoms in total. The third-order valence-electron chi connectivity index (χ3n) is 1.04. The Morgan fingerprint density at radius 1 is 1.20 bits per heavy atom. The molecule has 0 heterocycles. The molecule has 0 aromatic heterocycles. The summed E-state index contributed by atoms with van der Waals surface area (Å²) in [5, 5.41) is 17.7. The Hall–Kier alpha value is -1.19. The van der Waals surface area contributed by atoms with Gasteiger partial charge in [-0.2, -0.15) is 0 Å². The zero-order chi connectivity index (χ0) is 11.7. The number of carboxylic acids is 2. The van der Waals surface area contributed by atoms with Gasteiger partial charge in [0.1, 0.15) is 0 Å². The van der Waals surface area contributed by atoms with E-state index in [0.29, 0.717) is 0 Å². The van der Waals surface area contributed by atoms with Gasteiger partial charge in [0.05, 0.1) is 0 Å². The Morgan fingerprint density at radius 2 is 1.53 bits per heavy atom. The predicted molar refractivity (Wildman–Crippen MR) is 58.5 cm³/mol. The van der Waals surface area contributed by atoms with E-state index in [1.165, 1.54) is 0 Å². The van der Waals surface area contributed by atoms with E-state index in [-0.39, 0.29) is 18.9 Å². The molecule has 0 bridgehead atoms. The monoisotopic (exact) mass is 213 g/mol. The van der Waals surface area contributed by atoms with Gasteiger partial charge in [-0.1, -0.05) is 0 Å². The van der Waals surface area contributed by atoms with Crippen molar-refractivity contribution in [2.75, 3.05) is 28.2 Å². The molecular formula is C7H16LiN3O4. The van der Waals surface area contributed by atoms with Gasteiger partial charge in [-0.25, -0.2) is 9.59 Å². The van der Waals surface area contributed by atoms with E-state index in [9.17, 15) is 0 Å². The van der Waals surface area contributed by atoms with Gasteiger partial charge in [0, 0.05) is 28.2 Å². The molecule has 84 valence electrons. The number of hydrogen-bond acceptors (Lipinski definition) is 3. The first-order chi connectivity index (χ1) is 6.36. The van der Waals surface area contributed by atoms with Crippen molar-refractivity contribution in [3.63, 3.8) is 0 Å². The molecule has 0 aliphatic rings. The third kappa shape index (κ3) is 12.8. The normalized spacial score (nSPS) is 8.93. The summed E-state index contributed by atoms with van der Waals surface area (Å²) >= 11 is 0. The Labute approximate surface area is 100 Å². The van der Waals surface area contributed by atoms with E-state index >= 15 is 0 Å². The molecule has 0 rings (SSSR count). The number of guanidine groups is 1. The summed E-state index contributed by atoms with van der Waals surface area (Å²) in [6.45, 7) is 0.